The van der Waals surface area contributed by atoms with Gasteiger partial charge in [-0.3, -0.25) is 10.5 Å². The van der Waals surface area contributed by atoms with Gasteiger partial charge in [-0.1, -0.05) is 24.6 Å². The van der Waals surface area contributed by atoms with E-state index in [0.717, 1.165) is 40.0 Å². The van der Waals surface area contributed by atoms with Gasteiger partial charge in [-0.15, -0.1) is 0 Å². The predicted octanol–water partition coefficient (Wildman–Crippen LogP) is 2.93. The molecule has 0 aliphatic carbocycles. The van der Waals surface area contributed by atoms with Crippen LogP contribution in [0.2, 0.25) is 0 Å². The van der Waals surface area contributed by atoms with Crippen molar-refractivity contribution in [2.24, 2.45) is 5.84 Å². The Labute approximate surface area is 133 Å². The molecule has 0 fully saturated rings. The fourth-order valence-electron chi connectivity index (χ4n) is 2.44. The molecule has 1 heterocycles. The molecule has 3 N–H and O–H groups in total. The molecule has 0 aliphatic heterocycles. The second kappa shape index (κ2) is 7.06. The van der Waals surface area contributed by atoms with Gasteiger partial charge in [0.15, 0.2) is 0 Å². The first-order valence-corrected chi connectivity index (χ1v) is 7.73. The van der Waals surface area contributed by atoms with E-state index in [1.807, 2.05) is 16.8 Å². The number of aryl methyl sites for hydroxylation is 2. The monoisotopic (exact) mass is 352 g/mol. The minimum Gasteiger partial charge on any atom is -0.496 e. The lowest BCUT2D eigenvalue weighted by atomic mass is 10.0. The molecule has 0 amide bonds. The Balaban J connectivity index is 2.54. The van der Waals surface area contributed by atoms with E-state index in [-0.39, 0.29) is 6.04 Å². The molecule has 0 saturated heterocycles. The zero-order valence-corrected chi connectivity index (χ0v) is 14.1. The molecule has 114 valence electrons. The van der Waals surface area contributed by atoms with Gasteiger partial charge in [0.2, 0.25) is 0 Å². The van der Waals surface area contributed by atoms with Crippen LogP contribution < -0.4 is 16.0 Å². The number of hydrogen-bond acceptors (Lipinski definition) is 4. The zero-order valence-electron chi connectivity index (χ0n) is 12.6. The molecule has 5 nitrogen and oxygen atoms in total. The minimum atomic E-state index is -0.191. The van der Waals surface area contributed by atoms with Crippen LogP contribution in [-0.2, 0) is 6.54 Å². The number of nitrogens with two attached hydrogens (primary N) is 1. The Morgan fingerprint density at radius 1 is 1.48 bits per heavy atom. The maximum Gasteiger partial charge on any atom is 0.124 e. The smallest absolute Gasteiger partial charge is 0.124 e. The van der Waals surface area contributed by atoms with Gasteiger partial charge in [0.1, 0.15) is 5.75 Å². The lowest BCUT2D eigenvalue weighted by Crippen LogP contribution is -2.31. The van der Waals surface area contributed by atoms with Gasteiger partial charge in [-0.2, -0.15) is 5.10 Å². The highest BCUT2D eigenvalue weighted by atomic mass is 79.9. The van der Waals surface area contributed by atoms with Crippen LogP contribution in [0.1, 0.15) is 36.2 Å². The van der Waals surface area contributed by atoms with Gasteiger partial charge >= 0.3 is 0 Å². The zero-order chi connectivity index (χ0) is 15.4. The van der Waals surface area contributed by atoms with Crippen molar-refractivity contribution in [2.75, 3.05) is 7.11 Å². The molecule has 1 atom stereocenters. The van der Waals surface area contributed by atoms with Crippen molar-refractivity contribution in [1.29, 1.82) is 0 Å². The second-order valence-corrected chi connectivity index (χ2v) is 5.80. The molecular weight excluding hydrogens is 332 g/mol. The van der Waals surface area contributed by atoms with Gasteiger partial charge in [-0.05, 0) is 35.3 Å². The highest BCUT2D eigenvalue weighted by Crippen LogP contribution is 2.34. The lowest BCUT2D eigenvalue weighted by molar-refractivity contribution is 0.401. The van der Waals surface area contributed by atoms with E-state index in [9.17, 15) is 0 Å². The predicted molar refractivity (Wildman–Crippen MR) is 87.1 cm³/mol. The van der Waals surface area contributed by atoms with E-state index in [1.165, 1.54) is 0 Å². The first-order chi connectivity index (χ1) is 10.1. The Hall–Kier alpha value is -1.37. The number of aromatic nitrogens is 2. The SMILES string of the molecule is CCCn1ncc(Br)c1C(NN)c1cc(C)ccc1OC. The van der Waals surface area contributed by atoms with Crippen LogP contribution in [0.4, 0.5) is 0 Å². The summed E-state index contributed by atoms with van der Waals surface area (Å²) in [4.78, 5) is 0. The number of hydrazine groups is 1. The topological polar surface area (TPSA) is 65.1 Å². The second-order valence-electron chi connectivity index (χ2n) is 4.95. The highest BCUT2D eigenvalue weighted by Gasteiger charge is 2.23. The molecule has 1 unspecified atom stereocenters. The van der Waals surface area contributed by atoms with Crippen LogP contribution >= 0.6 is 15.9 Å². The summed E-state index contributed by atoms with van der Waals surface area (Å²) in [6.07, 6.45) is 2.81. The van der Waals surface area contributed by atoms with Gasteiger partial charge in [-0.25, -0.2) is 5.43 Å². The van der Waals surface area contributed by atoms with Gasteiger partial charge in [0, 0.05) is 12.1 Å². The number of rotatable bonds is 6. The van der Waals surface area contributed by atoms with Crippen molar-refractivity contribution in [1.82, 2.24) is 15.2 Å². The highest BCUT2D eigenvalue weighted by molar-refractivity contribution is 9.10. The number of nitrogens with one attached hydrogen (secondary N) is 1. The molecule has 2 aromatic rings. The van der Waals surface area contributed by atoms with Crippen molar-refractivity contribution in [3.8, 4) is 5.75 Å². The van der Waals surface area contributed by atoms with Gasteiger partial charge < -0.3 is 4.74 Å². The number of methoxy groups -OCH3 is 1. The quantitative estimate of drug-likeness (QED) is 0.619. The van der Waals surface area contributed by atoms with Crippen molar-refractivity contribution in [2.45, 2.75) is 32.9 Å². The first kappa shape index (κ1) is 16.0. The number of hydrogen-bond donors (Lipinski definition) is 2. The summed E-state index contributed by atoms with van der Waals surface area (Å²) < 4.78 is 8.38. The molecule has 0 aliphatic rings. The van der Waals surface area contributed by atoms with E-state index in [2.05, 4.69) is 46.4 Å². The Kier molecular flexibility index (Phi) is 5.39. The first-order valence-electron chi connectivity index (χ1n) is 6.94. The number of benzene rings is 1. The molecule has 0 saturated carbocycles. The summed E-state index contributed by atoms with van der Waals surface area (Å²) in [6.45, 7) is 5.01. The van der Waals surface area contributed by atoms with Crippen LogP contribution in [0.3, 0.4) is 0 Å². The third-order valence-electron chi connectivity index (χ3n) is 3.40. The summed E-state index contributed by atoms with van der Waals surface area (Å²) >= 11 is 3.57. The maximum atomic E-state index is 5.84. The summed E-state index contributed by atoms with van der Waals surface area (Å²) in [5.41, 5.74) is 6.05. The van der Waals surface area contributed by atoms with E-state index < -0.39 is 0 Å². The van der Waals surface area contributed by atoms with Crippen LogP contribution in [0.25, 0.3) is 0 Å². The molecule has 2 rings (SSSR count). The Morgan fingerprint density at radius 3 is 2.86 bits per heavy atom. The van der Waals surface area contributed by atoms with E-state index >= 15 is 0 Å². The molecule has 1 aromatic heterocycles. The average Bonchev–Trinajstić information content (AvgIpc) is 2.82. The average molecular weight is 353 g/mol. The standard InChI is InChI=1S/C15H21BrN4O/c1-4-7-20-15(12(16)9-18-20)14(19-17)11-8-10(2)5-6-13(11)21-3/h5-6,8-9,14,19H,4,7,17H2,1-3H3. The van der Waals surface area contributed by atoms with Crippen LogP contribution in [0.5, 0.6) is 5.75 Å². The van der Waals surface area contributed by atoms with E-state index in [0.29, 0.717) is 0 Å². The Morgan fingerprint density at radius 2 is 2.24 bits per heavy atom. The lowest BCUT2D eigenvalue weighted by Gasteiger charge is -2.21. The third kappa shape index (κ3) is 3.28. The number of nitrogens with zero attached hydrogens (tertiary/aromatic N) is 2. The van der Waals surface area contributed by atoms with Crippen molar-refractivity contribution >= 4 is 15.9 Å². The summed E-state index contributed by atoms with van der Waals surface area (Å²) in [5, 5.41) is 4.41. The maximum absolute atomic E-state index is 5.84. The molecule has 0 bridgehead atoms. The molecule has 6 heteroatoms. The van der Waals surface area contributed by atoms with E-state index in [4.69, 9.17) is 10.6 Å². The molecule has 21 heavy (non-hydrogen) atoms. The largest absolute Gasteiger partial charge is 0.496 e. The summed E-state index contributed by atoms with van der Waals surface area (Å²) in [6, 6.07) is 5.87. The summed E-state index contributed by atoms with van der Waals surface area (Å²) in [5.74, 6) is 6.64. The third-order valence-corrected chi connectivity index (χ3v) is 4.02. The number of halogens is 1. The fourth-order valence-corrected chi connectivity index (χ4v) is 2.97. The molecule has 0 radical (unpaired) electrons. The van der Waals surface area contributed by atoms with Gasteiger partial charge in [0.05, 0.1) is 29.5 Å². The summed E-state index contributed by atoms with van der Waals surface area (Å²) in [7, 11) is 1.67. The molecule has 0 spiro atoms. The molecular formula is C15H21BrN4O. The minimum absolute atomic E-state index is 0.191. The van der Waals surface area contributed by atoms with E-state index in [1.54, 1.807) is 13.3 Å². The van der Waals surface area contributed by atoms with Gasteiger partial charge in [0.25, 0.3) is 0 Å². The van der Waals surface area contributed by atoms with Crippen LogP contribution in [-0.4, -0.2) is 16.9 Å². The van der Waals surface area contributed by atoms with Crippen molar-refractivity contribution < 1.29 is 4.74 Å². The van der Waals surface area contributed by atoms with Crippen molar-refractivity contribution in [3.05, 3.63) is 45.7 Å². The number of ether oxygens (including phenoxy) is 1. The fraction of sp³-hybridized carbons (Fsp3) is 0.400. The van der Waals surface area contributed by atoms with Crippen LogP contribution in [0, 0.1) is 6.92 Å². The normalized spacial score (nSPS) is 12.4. The van der Waals surface area contributed by atoms with Crippen LogP contribution in [0.15, 0.2) is 28.9 Å². The van der Waals surface area contributed by atoms with Crippen molar-refractivity contribution in [3.63, 3.8) is 0 Å². The Bertz CT molecular complexity index is 612. The molecule has 1 aromatic carbocycles.